The molecule has 0 unspecified atom stereocenters. The molecule has 0 saturated carbocycles. The molecule has 0 N–H and O–H groups in total. The van der Waals surface area contributed by atoms with Crippen LogP contribution in [0.3, 0.4) is 0 Å². The van der Waals surface area contributed by atoms with Crippen molar-refractivity contribution in [3.8, 4) is 5.75 Å². The van der Waals surface area contributed by atoms with E-state index in [0.717, 1.165) is 11.3 Å². The molecule has 1 rings (SSSR count). The SMILES string of the molecule is COc1ccc(C=CC[O])cc1. The summed E-state index contributed by atoms with van der Waals surface area (Å²) in [5.41, 5.74) is 1.02. The van der Waals surface area contributed by atoms with Crippen molar-refractivity contribution in [1.29, 1.82) is 0 Å². The molecule has 12 heavy (non-hydrogen) atoms. The highest BCUT2D eigenvalue weighted by Gasteiger charge is 1.88. The van der Waals surface area contributed by atoms with E-state index in [4.69, 9.17) is 4.74 Å². The normalized spacial score (nSPS) is 10.5. The first-order chi connectivity index (χ1) is 5.86. The van der Waals surface area contributed by atoms with Crippen LogP contribution in [0.4, 0.5) is 0 Å². The van der Waals surface area contributed by atoms with Gasteiger partial charge in [-0.25, -0.2) is 5.11 Å². The zero-order valence-electron chi connectivity index (χ0n) is 6.99. The van der Waals surface area contributed by atoms with Crippen molar-refractivity contribution >= 4 is 6.08 Å². The van der Waals surface area contributed by atoms with Crippen LogP contribution < -0.4 is 4.74 Å². The van der Waals surface area contributed by atoms with Gasteiger partial charge in [-0.3, -0.25) is 0 Å². The first kappa shape index (κ1) is 8.81. The molecule has 0 aliphatic carbocycles. The molecule has 0 spiro atoms. The molecular formula is C10H11O2. The Morgan fingerprint density at radius 1 is 1.33 bits per heavy atom. The number of rotatable bonds is 3. The van der Waals surface area contributed by atoms with Crippen LogP contribution in [-0.2, 0) is 5.11 Å². The van der Waals surface area contributed by atoms with Crippen molar-refractivity contribution in [2.75, 3.05) is 13.7 Å². The van der Waals surface area contributed by atoms with E-state index in [1.165, 1.54) is 0 Å². The third-order valence-electron chi connectivity index (χ3n) is 1.52. The van der Waals surface area contributed by atoms with Gasteiger partial charge in [-0.1, -0.05) is 24.3 Å². The summed E-state index contributed by atoms with van der Waals surface area (Å²) >= 11 is 0. The van der Waals surface area contributed by atoms with Crippen LogP contribution in [0.5, 0.6) is 5.75 Å². The number of hydrogen-bond donors (Lipinski definition) is 0. The maximum Gasteiger partial charge on any atom is 0.118 e. The molecule has 1 radical (unpaired) electrons. The minimum atomic E-state index is -0.175. The smallest absolute Gasteiger partial charge is 0.118 e. The Balaban J connectivity index is 2.71. The molecule has 63 valence electrons. The summed E-state index contributed by atoms with van der Waals surface area (Å²) in [5.74, 6) is 0.828. The van der Waals surface area contributed by atoms with E-state index < -0.39 is 0 Å². The molecule has 0 aliphatic rings. The third-order valence-corrected chi connectivity index (χ3v) is 1.52. The first-order valence-corrected chi connectivity index (χ1v) is 3.75. The van der Waals surface area contributed by atoms with Gasteiger partial charge in [0.05, 0.1) is 7.11 Å². The van der Waals surface area contributed by atoms with Crippen molar-refractivity contribution in [2.24, 2.45) is 0 Å². The second-order valence-corrected chi connectivity index (χ2v) is 2.34. The Hall–Kier alpha value is -1.28. The largest absolute Gasteiger partial charge is 0.497 e. The van der Waals surface area contributed by atoms with Gasteiger partial charge in [-0.15, -0.1) is 0 Å². The van der Waals surface area contributed by atoms with Crippen LogP contribution in [0.2, 0.25) is 0 Å². The van der Waals surface area contributed by atoms with Gasteiger partial charge in [0.1, 0.15) is 12.4 Å². The molecule has 1 aromatic rings. The summed E-state index contributed by atoms with van der Waals surface area (Å²) in [7, 11) is 1.63. The van der Waals surface area contributed by atoms with E-state index in [1.54, 1.807) is 19.3 Å². The Morgan fingerprint density at radius 3 is 2.50 bits per heavy atom. The molecule has 2 nitrogen and oxygen atoms in total. The van der Waals surface area contributed by atoms with E-state index in [0.29, 0.717) is 0 Å². The lowest BCUT2D eigenvalue weighted by Crippen LogP contribution is -1.81. The van der Waals surface area contributed by atoms with Gasteiger partial charge in [0, 0.05) is 0 Å². The summed E-state index contributed by atoms with van der Waals surface area (Å²) in [5, 5.41) is 10.1. The standard InChI is InChI=1S/C10H11O2/c1-12-10-6-4-9(5-7-10)3-2-8-11/h2-7H,8H2,1H3. The topological polar surface area (TPSA) is 29.1 Å². The zero-order valence-corrected chi connectivity index (χ0v) is 6.99. The molecule has 0 bridgehead atoms. The molecule has 0 saturated heterocycles. The molecule has 0 aliphatic heterocycles. The highest BCUT2D eigenvalue weighted by atomic mass is 16.5. The number of ether oxygens (including phenoxy) is 1. The van der Waals surface area contributed by atoms with Gasteiger partial charge < -0.3 is 4.74 Å². The second kappa shape index (κ2) is 4.57. The first-order valence-electron chi connectivity index (χ1n) is 3.75. The fraction of sp³-hybridized carbons (Fsp3) is 0.200. The summed E-state index contributed by atoms with van der Waals surface area (Å²) < 4.78 is 4.99. The van der Waals surface area contributed by atoms with Crippen LogP contribution in [0.15, 0.2) is 30.3 Å². The van der Waals surface area contributed by atoms with Gasteiger partial charge >= 0.3 is 0 Å². The number of benzene rings is 1. The van der Waals surface area contributed by atoms with E-state index in [1.807, 2.05) is 24.3 Å². The van der Waals surface area contributed by atoms with Crippen molar-refractivity contribution in [1.82, 2.24) is 0 Å². The van der Waals surface area contributed by atoms with Crippen molar-refractivity contribution in [3.05, 3.63) is 35.9 Å². The Labute approximate surface area is 72.1 Å². The second-order valence-electron chi connectivity index (χ2n) is 2.34. The van der Waals surface area contributed by atoms with Crippen molar-refractivity contribution < 1.29 is 9.84 Å². The fourth-order valence-electron chi connectivity index (χ4n) is 0.899. The zero-order chi connectivity index (χ0) is 8.81. The quantitative estimate of drug-likeness (QED) is 0.671. The molecule has 0 fully saturated rings. The highest BCUT2D eigenvalue weighted by molar-refractivity contribution is 5.50. The Morgan fingerprint density at radius 2 is 2.00 bits per heavy atom. The van der Waals surface area contributed by atoms with Crippen LogP contribution in [0.1, 0.15) is 5.56 Å². The van der Waals surface area contributed by atoms with E-state index in [2.05, 4.69) is 0 Å². The fourth-order valence-corrected chi connectivity index (χ4v) is 0.899. The maximum atomic E-state index is 10.1. The Bertz CT molecular complexity index is 249. The van der Waals surface area contributed by atoms with Crippen molar-refractivity contribution in [3.63, 3.8) is 0 Å². The van der Waals surface area contributed by atoms with E-state index >= 15 is 0 Å². The number of methoxy groups -OCH3 is 1. The predicted molar refractivity (Wildman–Crippen MR) is 47.6 cm³/mol. The van der Waals surface area contributed by atoms with Crippen molar-refractivity contribution in [2.45, 2.75) is 0 Å². The summed E-state index contributed by atoms with van der Waals surface area (Å²) in [6, 6.07) is 7.55. The lowest BCUT2D eigenvalue weighted by atomic mass is 10.2. The van der Waals surface area contributed by atoms with Gasteiger partial charge in [-0.2, -0.15) is 0 Å². The monoisotopic (exact) mass is 163 g/mol. The predicted octanol–water partition coefficient (Wildman–Crippen LogP) is 2.14. The lowest BCUT2D eigenvalue weighted by molar-refractivity contribution is 0.233. The molecule has 0 heterocycles. The molecule has 2 heteroatoms. The third kappa shape index (κ3) is 2.40. The number of hydrogen-bond acceptors (Lipinski definition) is 1. The summed E-state index contributed by atoms with van der Waals surface area (Å²) in [6.45, 7) is -0.175. The molecule has 0 amide bonds. The van der Waals surface area contributed by atoms with Gasteiger partial charge in [-0.05, 0) is 17.7 Å². The summed E-state index contributed by atoms with van der Waals surface area (Å²) in [4.78, 5) is 0. The molecule has 0 aromatic heterocycles. The maximum absolute atomic E-state index is 10.1. The average molecular weight is 163 g/mol. The lowest BCUT2D eigenvalue weighted by Gasteiger charge is -1.98. The minimum Gasteiger partial charge on any atom is -0.497 e. The molecule has 1 aromatic carbocycles. The van der Waals surface area contributed by atoms with Crippen LogP contribution in [0, 0.1) is 0 Å². The van der Waals surface area contributed by atoms with Crippen LogP contribution in [-0.4, -0.2) is 13.7 Å². The molecular weight excluding hydrogens is 152 g/mol. The molecule has 0 atom stereocenters. The van der Waals surface area contributed by atoms with Crippen LogP contribution >= 0.6 is 0 Å². The Kier molecular flexibility index (Phi) is 3.35. The van der Waals surface area contributed by atoms with Gasteiger partial charge in [0.2, 0.25) is 0 Å². The van der Waals surface area contributed by atoms with Gasteiger partial charge in [0.15, 0.2) is 0 Å². The van der Waals surface area contributed by atoms with Gasteiger partial charge in [0.25, 0.3) is 0 Å². The van der Waals surface area contributed by atoms with E-state index in [-0.39, 0.29) is 6.61 Å². The summed E-state index contributed by atoms with van der Waals surface area (Å²) in [6.07, 6.45) is 3.38. The highest BCUT2D eigenvalue weighted by Crippen LogP contribution is 2.11. The average Bonchev–Trinajstić information content (AvgIpc) is 2.15. The van der Waals surface area contributed by atoms with E-state index in [9.17, 15) is 5.11 Å². The minimum absolute atomic E-state index is 0.175. The van der Waals surface area contributed by atoms with Crippen LogP contribution in [0.25, 0.3) is 6.08 Å².